The van der Waals surface area contributed by atoms with Crippen LogP contribution in [0.4, 0.5) is 11.4 Å². The van der Waals surface area contributed by atoms with Crippen LogP contribution in [-0.2, 0) is 16.1 Å². The SMILES string of the molecule is COc1ccc(N)cc1NC(=O)COCc1cccs1. The minimum Gasteiger partial charge on any atom is -0.495 e. The van der Waals surface area contributed by atoms with Crippen LogP contribution < -0.4 is 15.8 Å². The van der Waals surface area contributed by atoms with Crippen molar-refractivity contribution in [2.75, 3.05) is 24.8 Å². The van der Waals surface area contributed by atoms with Crippen molar-refractivity contribution in [2.24, 2.45) is 0 Å². The number of benzene rings is 1. The first-order valence-corrected chi connectivity index (χ1v) is 6.90. The number of thiophene rings is 1. The molecular weight excluding hydrogens is 276 g/mol. The monoisotopic (exact) mass is 292 g/mol. The third kappa shape index (κ3) is 3.97. The Hall–Kier alpha value is -2.05. The van der Waals surface area contributed by atoms with Gasteiger partial charge in [-0.05, 0) is 29.6 Å². The van der Waals surface area contributed by atoms with Gasteiger partial charge in [0.25, 0.3) is 0 Å². The topological polar surface area (TPSA) is 73.6 Å². The average Bonchev–Trinajstić information content (AvgIpc) is 2.92. The van der Waals surface area contributed by atoms with E-state index in [1.807, 2.05) is 17.5 Å². The highest BCUT2D eigenvalue weighted by Gasteiger charge is 2.08. The molecule has 0 aliphatic carbocycles. The molecule has 0 saturated carbocycles. The highest BCUT2D eigenvalue weighted by atomic mass is 32.1. The van der Waals surface area contributed by atoms with Crippen LogP contribution in [0, 0.1) is 0 Å². The Labute approximate surface area is 121 Å². The fraction of sp³-hybridized carbons (Fsp3) is 0.214. The number of rotatable bonds is 6. The molecular formula is C14H16N2O3S. The predicted molar refractivity (Wildman–Crippen MR) is 80.0 cm³/mol. The summed E-state index contributed by atoms with van der Waals surface area (Å²) < 4.78 is 10.5. The molecule has 1 aromatic heterocycles. The number of carbonyl (C=O) groups excluding carboxylic acids is 1. The van der Waals surface area contributed by atoms with E-state index in [0.29, 0.717) is 23.7 Å². The van der Waals surface area contributed by atoms with Gasteiger partial charge in [0.15, 0.2) is 0 Å². The smallest absolute Gasteiger partial charge is 0.250 e. The first-order chi connectivity index (χ1) is 9.69. The molecule has 0 fully saturated rings. The van der Waals surface area contributed by atoms with Gasteiger partial charge in [-0.1, -0.05) is 6.07 Å². The summed E-state index contributed by atoms with van der Waals surface area (Å²) in [5.74, 6) is 0.316. The number of amides is 1. The third-order valence-electron chi connectivity index (χ3n) is 2.56. The molecule has 0 bridgehead atoms. The second kappa shape index (κ2) is 6.93. The first-order valence-electron chi connectivity index (χ1n) is 6.02. The molecule has 0 unspecified atom stereocenters. The van der Waals surface area contributed by atoms with Crippen LogP contribution in [0.5, 0.6) is 5.75 Å². The molecule has 6 heteroatoms. The fourth-order valence-corrected chi connectivity index (χ4v) is 2.29. The molecule has 20 heavy (non-hydrogen) atoms. The number of carbonyl (C=O) groups is 1. The lowest BCUT2D eigenvalue weighted by Crippen LogP contribution is -2.18. The van der Waals surface area contributed by atoms with Crippen molar-refractivity contribution in [1.82, 2.24) is 0 Å². The summed E-state index contributed by atoms with van der Waals surface area (Å²) in [7, 11) is 1.54. The van der Waals surface area contributed by atoms with Crippen LogP contribution in [0.15, 0.2) is 35.7 Å². The van der Waals surface area contributed by atoms with E-state index in [2.05, 4.69) is 5.32 Å². The summed E-state index contributed by atoms with van der Waals surface area (Å²) in [5, 5.41) is 4.69. The highest BCUT2D eigenvalue weighted by Crippen LogP contribution is 2.26. The van der Waals surface area contributed by atoms with Gasteiger partial charge in [0.05, 0.1) is 19.4 Å². The lowest BCUT2D eigenvalue weighted by molar-refractivity contribution is -0.120. The lowest BCUT2D eigenvalue weighted by Gasteiger charge is -2.11. The quantitative estimate of drug-likeness (QED) is 0.802. The third-order valence-corrected chi connectivity index (χ3v) is 3.41. The second-order valence-corrected chi connectivity index (χ2v) is 5.11. The summed E-state index contributed by atoms with van der Waals surface area (Å²) >= 11 is 1.59. The zero-order valence-corrected chi connectivity index (χ0v) is 11.9. The molecule has 1 aromatic carbocycles. The molecule has 0 spiro atoms. The van der Waals surface area contributed by atoms with Crippen molar-refractivity contribution in [3.8, 4) is 5.75 Å². The van der Waals surface area contributed by atoms with Crippen molar-refractivity contribution < 1.29 is 14.3 Å². The minimum absolute atomic E-state index is 0.0180. The van der Waals surface area contributed by atoms with Gasteiger partial charge in [0.2, 0.25) is 5.91 Å². The summed E-state index contributed by atoms with van der Waals surface area (Å²) in [5.41, 5.74) is 6.78. The first kappa shape index (κ1) is 14.4. The van der Waals surface area contributed by atoms with Crippen LogP contribution >= 0.6 is 11.3 Å². The Balaban J connectivity index is 1.86. The molecule has 1 amide bonds. The van der Waals surface area contributed by atoms with Crippen LogP contribution in [0.2, 0.25) is 0 Å². The lowest BCUT2D eigenvalue weighted by atomic mass is 10.2. The van der Waals surface area contributed by atoms with Gasteiger partial charge in [-0.25, -0.2) is 0 Å². The van der Waals surface area contributed by atoms with Gasteiger partial charge in [-0.2, -0.15) is 0 Å². The van der Waals surface area contributed by atoms with E-state index in [-0.39, 0.29) is 12.5 Å². The average molecular weight is 292 g/mol. The number of anilines is 2. The molecule has 5 nitrogen and oxygen atoms in total. The van der Waals surface area contributed by atoms with Crippen LogP contribution in [0.25, 0.3) is 0 Å². The number of nitrogen functional groups attached to an aromatic ring is 1. The van der Waals surface area contributed by atoms with E-state index in [0.717, 1.165) is 4.88 Å². The summed E-state index contributed by atoms with van der Waals surface area (Å²) in [6.07, 6.45) is 0. The number of ether oxygens (including phenoxy) is 2. The predicted octanol–water partition coefficient (Wildman–Crippen LogP) is 2.49. The van der Waals surface area contributed by atoms with Crippen LogP contribution in [0.1, 0.15) is 4.88 Å². The van der Waals surface area contributed by atoms with Gasteiger partial charge in [-0.3, -0.25) is 4.79 Å². The Kier molecular flexibility index (Phi) is 4.97. The number of hydrogen-bond donors (Lipinski definition) is 2. The normalized spacial score (nSPS) is 10.2. The molecule has 2 aromatic rings. The molecule has 0 saturated heterocycles. The van der Waals surface area contributed by atoms with Gasteiger partial charge < -0.3 is 20.5 Å². The Morgan fingerprint density at radius 2 is 2.25 bits per heavy atom. The second-order valence-electron chi connectivity index (χ2n) is 4.08. The molecule has 0 aliphatic rings. The van der Waals surface area contributed by atoms with Crippen molar-refractivity contribution in [3.63, 3.8) is 0 Å². The van der Waals surface area contributed by atoms with Crippen LogP contribution in [0.3, 0.4) is 0 Å². The number of hydrogen-bond acceptors (Lipinski definition) is 5. The Morgan fingerprint density at radius 1 is 1.40 bits per heavy atom. The van der Waals surface area contributed by atoms with E-state index in [1.165, 1.54) is 7.11 Å². The fourth-order valence-electron chi connectivity index (χ4n) is 1.65. The molecule has 106 valence electrons. The van der Waals surface area contributed by atoms with E-state index in [1.54, 1.807) is 29.5 Å². The van der Waals surface area contributed by atoms with Gasteiger partial charge in [0.1, 0.15) is 12.4 Å². The molecule has 0 aliphatic heterocycles. The van der Waals surface area contributed by atoms with Gasteiger partial charge in [0, 0.05) is 10.6 Å². The summed E-state index contributed by atoms with van der Waals surface area (Å²) in [6.45, 7) is 0.412. The largest absolute Gasteiger partial charge is 0.495 e. The Morgan fingerprint density at radius 3 is 2.95 bits per heavy atom. The zero-order chi connectivity index (χ0) is 14.4. The molecule has 2 rings (SSSR count). The van der Waals surface area contributed by atoms with Gasteiger partial charge >= 0.3 is 0 Å². The Bertz CT molecular complexity index is 570. The highest BCUT2D eigenvalue weighted by molar-refractivity contribution is 7.09. The summed E-state index contributed by atoms with van der Waals surface area (Å²) in [6, 6.07) is 8.97. The number of nitrogens with one attached hydrogen (secondary N) is 1. The van der Waals surface area contributed by atoms with Crippen molar-refractivity contribution in [2.45, 2.75) is 6.61 Å². The summed E-state index contributed by atoms with van der Waals surface area (Å²) in [4.78, 5) is 12.9. The maximum atomic E-state index is 11.8. The van der Waals surface area contributed by atoms with Crippen molar-refractivity contribution in [3.05, 3.63) is 40.6 Å². The maximum absolute atomic E-state index is 11.8. The minimum atomic E-state index is -0.245. The van der Waals surface area contributed by atoms with Crippen molar-refractivity contribution >= 4 is 28.6 Å². The standard InChI is InChI=1S/C14H16N2O3S/c1-18-13-5-4-10(15)7-12(13)16-14(17)9-19-8-11-3-2-6-20-11/h2-7H,8-9,15H2,1H3,(H,16,17). The maximum Gasteiger partial charge on any atom is 0.250 e. The van der Waals surface area contributed by atoms with Gasteiger partial charge in [-0.15, -0.1) is 11.3 Å². The van der Waals surface area contributed by atoms with E-state index in [4.69, 9.17) is 15.2 Å². The molecule has 1 heterocycles. The molecule has 3 N–H and O–H groups in total. The van der Waals surface area contributed by atoms with E-state index < -0.39 is 0 Å². The van der Waals surface area contributed by atoms with E-state index >= 15 is 0 Å². The van der Waals surface area contributed by atoms with E-state index in [9.17, 15) is 4.79 Å². The number of nitrogens with two attached hydrogens (primary N) is 1. The molecule has 0 atom stereocenters. The molecule has 0 radical (unpaired) electrons. The van der Waals surface area contributed by atoms with Crippen LogP contribution in [-0.4, -0.2) is 19.6 Å². The zero-order valence-electron chi connectivity index (χ0n) is 11.1. The van der Waals surface area contributed by atoms with Crippen molar-refractivity contribution in [1.29, 1.82) is 0 Å². The number of methoxy groups -OCH3 is 1.